The fraction of sp³-hybridized carbons (Fsp3) is 0.500. The van der Waals surface area contributed by atoms with Crippen LogP contribution in [0.1, 0.15) is 18.9 Å². The molecule has 4 nitrogen and oxygen atoms in total. The minimum absolute atomic E-state index is 0.0200. The number of carbonyl (C=O) groups excluding carboxylic acids is 1. The molecule has 5 heteroatoms. The molecule has 3 N–H and O–H groups in total. The van der Waals surface area contributed by atoms with Gasteiger partial charge in [-0.1, -0.05) is 29.8 Å². The first-order valence-corrected chi connectivity index (χ1v) is 6.80. The van der Waals surface area contributed by atoms with Crippen LogP contribution in [0.3, 0.4) is 0 Å². The van der Waals surface area contributed by atoms with Gasteiger partial charge in [0.15, 0.2) is 0 Å². The van der Waals surface area contributed by atoms with Gasteiger partial charge in [0, 0.05) is 17.7 Å². The molecule has 2 rings (SSSR count). The Kier molecular flexibility index (Phi) is 4.45. The Hall–Kier alpha value is -1.10. The van der Waals surface area contributed by atoms with Gasteiger partial charge in [-0.25, -0.2) is 0 Å². The van der Waals surface area contributed by atoms with Crippen molar-refractivity contribution in [3.8, 4) is 0 Å². The molecule has 0 aliphatic carbocycles. The van der Waals surface area contributed by atoms with E-state index in [0.717, 1.165) is 10.6 Å². The minimum atomic E-state index is -0.880. The van der Waals surface area contributed by atoms with E-state index < -0.39 is 5.54 Å². The number of nitrogens with one attached hydrogen (secondary N) is 1. The van der Waals surface area contributed by atoms with E-state index in [9.17, 15) is 4.79 Å². The monoisotopic (exact) mass is 282 g/mol. The van der Waals surface area contributed by atoms with Crippen molar-refractivity contribution >= 4 is 17.5 Å². The topological polar surface area (TPSA) is 64.4 Å². The SMILES string of the molecule is CC(Cc1ccccc1Cl)NC(=O)C1(N)CCOC1. The Morgan fingerprint density at radius 1 is 1.58 bits per heavy atom. The van der Waals surface area contributed by atoms with Crippen LogP contribution in [0.5, 0.6) is 0 Å². The molecule has 19 heavy (non-hydrogen) atoms. The fourth-order valence-electron chi connectivity index (χ4n) is 2.17. The van der Waals surface area contributed by atoms with Crippen molar-refractivity contribution in [3.63, 3.8) is 0 Å². The van der Waals surface area contributed by atoms with E-state index >= 15 is 0 Å². The third kappa shape index (κ3) is 3.47. The van der Waals surface area contributed by atoms with Crippen LogP contribution in [0.25, 0.3) is 0 Å². The highest BCUT2D eigenvalue weighted by atomic mass is 35.5. The van der Waals surface area contributed by atoms with Gasteiger partial charge in [-0.05, 0) is 31.4 Å². The van der Waals surface area contributed by atoms with Crippen molar-refractivity contribution < 1.29 is 9.53 Å². The summed E-state index contributed by atoms with van der Waals surface area (Å²) in [5, 5.41) is 3.65. The molecule has 0 aromatic heterocycles. The second-order valence-electron chi connectivity index (χ2n) is 5.13. The molecule has 1 amide bonds. The second kappa shape index (κ2) is 5.90. The first-order valence-electron chi connectivity index (χ1n) is 6.42. The van der Waals surface area contributed by atoms with Gasteiger partial charge in [0.1, 0.15) is 5.54 Å². The summed E-state index contributed by atoms with van der Waals surface area (Å²) in [7, 11) is 0. The third-order valence-corrected chi connectivity index (χ3v) is 3.73. The maximum Gasteiger partial charge on any atom is 0.242 e. The summed E-state index contributed by atoms with van der Waals surface area (Å²) < 4.78 is 5.19. The third-order valence-electron chi connectivity index (χ3n) is 3.37. The van der Waals surface area contributed by atoms with Crippen LogP contribution in [-0.2, 0) is 16.0 Å². The normalized spacial score (nSPS) is 24.2. The van der Waals surface area contributed by atoms with Gasteiger partial charge in [-0.2, -0.15) is 0 Å². The average Bonchev–Trinajstić information content (AvgIpc) is 2.80. The van der Waals surface area contributed by atoms with Gasteiger partial charge >= 0.3 is 0 Å². The molecule has 1 aromatic carbocycles. The Morgan fingerprint density at radius 3 is 2.95 bits per heavy atom. The maximum absolute atomic E-state index is 12.1. The molecular formula is C14H19ClN2O2. The van der Waals surface area contributed by atoms with E-state index in [2.05, 4.69) is 5.32 Å². The Balaban J connectivity index is 1.93. The van der Waals surface area contributed by atoms with E-state index in [1.165, 1.54) is 0 Å². The molecule has 2 atom stereocenters. The first-order chi connectivity index (χ1) is 9.01. The lowest BCUT2D eigenvalue weighted by Crippen LogP contribution is -2.56. The molecule has 0 bridgehead atoms. The summed E-state index contributed by atoms with van der Waals surface area (Å²) in [4.78, 5) is 12.1. The molecule has 1 aliphatic heterocycles. The quantitative estimate of drug-likeness (QED) is 0.880. The van der Waals surface area contributed by atoms with E-state index in [1.807, 2.05) is 31.2 Å². The van der Waals surface area contributed by atoms with Crippen LogP contribution < -0.4 is 11.1 Å². The number of hydrogen-bond acceptors (Lipinski definition) is 3. The summed E-state index contributed by atoms with van der Waals surface area (Å²) in [6.45, 7) is 2.78. The van der Waals surface area contributed by atoms with E-state index in [-0.39, 0.29) is 18.6 Å². The Labute approximate surface area is 118 Å². The summed E-state index contributed by atoms with van der Waals surface area (Å²) in [6, 6.07) is 7.61. The number of carbonyl (C=O) groups is 1. The predicted octanol–water partition coefficient (Wildman–Crippen LogP) is 1.51. The number of hydrogen-bond donors (Lipinski definition) is 2. The zero-order valence-electron chi connectivity index (χ0n) is 11.0. The number of halogens is 1. The van der Waals surface area contributed by atoms with Crippen LogP contribution in [0.2, 0.25) is 5.02 Å². The van der Waals surface area contributed by atoms with Crippen molar-refractivity contribution in [1.29, 1.82) is 0 Å². The highest BCUT2D eigenvalue weighted by Gasteiger charge is 2.38. The van der Waals surface area contributed by atoms with E-state index in [0.29, 0.717) is 19.4 Å². The van der Waals surface area contributed by atoms with Gasteiger partial charge in [-0.3, -0.25) is 4.79 Å². The highest BCUT2D eigenvalue weighted by molar-refractivity contribution is 6.31. The van der Waals surface area contributed by atoms with Crippen LogP contribution in [0, 0.1) is 0 Å². The molecule has 1 heterocycles. The predicted molar refractivity (Wildman–Crippen MR) is 75.1 cm³/mol. The van der Waals surface area contributed by atoms with Crippen molar-refractivity contribution in [2.45, 2.75) is 31.3 Å². The highest BCUT2D eigenvalue weighted by Crippen LogP contribution is 2.18. The number of benzene rings is 1. The van der Waals surface area contributed by atoms with Gasteiger partial charge in [0.2, 0.25) is 5.91 Å². The lowest BCUT2D eigenvalue weighted by atomic mass is 9.98. The summed E-state index contributed by atoms with van der Waals surface area (Å²) in [6.07, 6.45) is 1.25. The Bertz CT molecular complexity index is 459. The first kappa shape index (κ1) is 14.3. The number of rotatable bonds is 4. The Morgan fingerprint density at radius 2 is 2.32 bits per heavy atom. The van der Waals surface area contributed by atoms with Crippen LogP contribution >= 0.6 is 11.6 Å². The average molecular weight is 283 g/mol. The molecule has 2 unspecified atom stereocenters. The largest absolute Gasteiger partial charge is 0.379 e. The standard InChI is InChI=1S/C14H19ClN2O2/c1-10(8-11-4-2-3-5-12(11)15)17-13(18)14(16)6-7-19-9-14/h2-5,10H,6-9,16H2,1H3,(H,17,18). The lowest BCUT2D eigenvalue weighted by molar-refractivity contribution is -0.126. The summed E-state index contributed by atoms with van der Waals surface area (Å²) in [5.41, 5.74) is 6.15. The smallest absolute Gasteiger partial charge is 0.242 e. The van der Waals surface area contributed by atoms with Gasteiger partial charge in [0.25, 0.3) is 0 Å². The van der Waals surface area contributed by atoms with Crippen LogP contribution in [-0.4, -0.2) is 30.7 Å². The number of amides is 1. The molecule has 1 fully saturated rings. The zero-order chi connectivity index (χ0) is 13.9. The van der Waals surface area contributed by atoms with Crippen LogP contribution in [0.15, 0.2) is 24.3 Å². The van der Waals surface area contributed by atoms with Crippen molar-refractivity contribution in [3.05, 3.63) is 34.9 Å². The van der Waals surface area contributed by atoms with E-state index in [4.69, 9.17) is 22.1 Å². The number of nitrogens with two attached hydrogens (primary N) is 1. The van der Waals surface area contributed by atoms with Crippen molar-refractivity contribution in [2.24, 2.45) is 5.73 Å². The van der Waals surface area contributed by atoms with Gasteiger partial charge < -0.3 is 15.8 Å². The fourth-order valence-corrected chi connectivity index (χ4v) is 2.39. The van der Waals surface area contributed by atoms with Gasteiger partial charge in [-0.15, -0.1) is 0 Å². The molecule has 0 saturated carbocycles. The van der Waals surface area contributed by atoms with Crippen molar-refractivity contribution in [2.75, 3.05) is 13.2 Å². The molecule has 0 radical (unpaired) electrons. The summed E-state index contributed by atoms with van der Waals surface area (Å²) in [5.74, 6) is -0.149. The molecule has 1 aromatic rings. The van der Waals surface area contributed by atoms with Crippen molar-refractivity contribution in [1.82, 2.24) is 5.32 Å². The molecular weight excluding hydrogens is 264 g/mol. The van der Waals surface area contributed by atoms with Crippen LogP contribution in [0.4, 0.5) is 0 Å². The molecule has 1 aliphatic rings. The maximum atomic E-state index is 12.1. The van der Waals surface area contributed by atoms with Gasteiger partial charge in [0.05, 0.1) is 6.61 Å². The second-order valence-corrected chi connectivity index (χ2v) is 5.54. The molecule has 1 saturated heterocycles. The van der Waals surface area contributed by atoms with E-state index in [1.54, 1.807) is 0 Å². The molecule has 104 valence electrons. The summed E-state index contributed by atoms with van der Waals surface area (Å²) >= 11 is 6.10. The number of ether oxygens (including phenoxy) is 1. The lowest BCUT2D eigenvalue weighted by Gasteiger charge is -2.24. The minimum Gasteiger partial charge on any atom is -0.379 e. The zero-order valence-corrected chi connectivity index (χ0v) is 11.7. The molecule has 0 spiro atoms.